The number of methoxy groups -OCH3 is 1. The van der Waals surface area contributed by atoms with E-state index in [1.54, 1.807) is 13.4 Å². The van der Waals surface area contributed by atoms with Gasteiger partial charge in [-0.1, -0.05) is 31.2 Å². The molecule has 0 radical (unpaired) electrons. The number of likely N-dealkylation sites (N-methyl/N-ethyl adjacent to an activating group) is 1. The Labute approximate surface area is 120 Å². The topological polar surface area (TPSA) is 47.0 Å². The molecular formula is C16H21N3O. The number of aryl methyl sites for hydroxylation is 1. The molecule has 1 aromatic heterocycles. The number of aromatic nitrogens is 2. The minimum absolute atomic E-state index is 0.251. The first-order valence-electron chi connectivity index (χ1n) is 6.88. The third kappa shape index (κ3) is 3.54. The van der Waals surface area contributed by atoms with Gasteiger partial charge in [-0.3, -0.25) is 0 Å². The molecule has 0 aliphatic carbocycles. The van der Waals surface area contributed by atoms with Crippen LogP contribution in [0.5, 0.6) is 5.88 Å². The van der Waals surface area contributed by atoms with E-state index >= 15 is 0 Å². The van der Waals surface area contributed by atoms with Crippen LogP contribution < -0.4 is 10.1 Å². The average Bonchev–Trinajstić information content (AvgIpc) is 2.47. The van der Waals surface area contributed by atoms with E-state index in [9.17, 15) is 0 Å². The lowest BCUT2D eigenvalue weighted by atomic mass is 9.97. The van der Waals surface area contributed by atoms with Crippen LogP contribution in [0.1, 0.15) is 29.8 Å². The Kier molecular flexibility index (Phi) is 5.07. The highest BCUT2D eigenvalue weighted by molar-refractivity contribution is 5.30. The first kappa shape index (κ1) is 14.5. The van der Waals surface area contributed by atoms with Gasteiger partial charge >= 0.3 is 0 Å². The maximum absolute atomic E-state index is 5.15. The van der Waals surface area contributed by atoms with Gasteiger partial charge in [-0.2, -0.15) is 0 Å². The first-order valence-corrected chi connectivity index (χ1v) is 6.88. The van der Waals surface area contributed by atoms with Crippen molar-refractivity contribution in [2.24, 2.45) is 0 Å². The molecule has 2 rings (SSSR count). The second kappa shape index (κ2) is 7.01. The SMILES string of the molecule is CCNC(Cc1cc(OC)ncn1)c1ccccc1C. The number of nitrogens with one attached hydrogen (secondary N) is 1. The van der Waals surface area contributed by atoms with Crippen LogP contribution in [0.25, 0.3) is 0 Å². The number of benzene rings is 1. The van der Waals surface area contributed by atoms with Crippen molar-refractivity contribution < 1.29 is 4.74 Å². The van der Waals surface area contributed by atoms with Crippen molar-refractivity contribution in [1.29, 1.82) is 0 Å². The number of hydrogen-bond acceptors (Lipinski definition) is 4. The minimum Gasteiger partial charge on any atom is -0.481 e. The maximum Gasteiger partial charge on any atom is 0.216 e. The molecule has 106 valence electrons. The largest absolute Gasteiger partial charge is 0.481 e. The normalized spacial score (nSPS) is 12.2. The third-order valence-corrected chi connectivity index (χ3v) is 3.34. The molecule has 0 saturated carbocycles. The Morgan fingerprint density at radius 2 is 2.05 bits per heavy atom. The summed E-state index contributed by atoms with van der Waals surface area (Å²) in [5.41, 5.74) is 3.58. The smallest absolute Gasteiger partial charge is 0.216 e. The lowest BCUT2D eigenvalue weighted by Crippen LogP contribution is -2.24. The predicted octanol–water partition coefficient (Wildman–Crippen LogP) is 2.69. The molecule has 0 saturated heterocycles. The summed E-state index contributed by atoms with van der Waals surface area (Å²) >= 11 is 0. The summed E-state index contributed by atoms with van der Waals surface area (Å²) in [5.74, 6) is 0.607. The van der Waals surface area contributed by atoms with Gasteiger partial charge in [0.1, 0.15) is 6.33 Å². The Hall–Kier alpha value is -1.94. The lowest BCUT2D eigenvalue weighted by molar-refractivity contribution is 0.395. The van der Waals surface area contributed by atoms with Gasteiger partial charge in [-0.25, -0.2) is 9.97 Å². The Balaban J connectivity index is 2.23. The molecule has 0 bridgehead atoms. The molecule has 4 heteroatoms. The fourth-order valence-electron chi connectivity index (χ4n) is 2.33. The van der Waals surface area contributed by atoms with Gasteiger partial charge in [0.15, 0.2) is 0 Å². The van der Waals surface area contributed by atoms with Crippen molar-refractivity contribution in [2.75, 3.05) is 13.7 Å². The van der Waals surface area contributed by atoms with Crippen LogP contribution in [-0.4, -0.2) is 23.6 Å². The van der Waals surface area contributed by atoms with E-state index in [-0.39, 0.29) is 6.04 Å². The fourth-order valence-corrected chi connectivity index (χ4v) is 2.33. The molecule has 0 fully saturated rings. The zero-order valence-corrected chi connectivity index (χ0v) is 12.3. The molecule has 1 atom stereocenters. The van der Waals surface area contributed by atoms with Crippen molar-refractivity contribution >= 4 is 0 Å². The van der Waals surface area contributed by atoms with Crippen molar-refractivity contribution in [1.82, 2.24) is 15.3 Å². The number of ether oxygens (including phenoxy) is 1. The minimum atomic E-state index is 0.251. The summed E-state index contributed by atoms with van der Waals surface area (Å²) in [5, 5.41) is 3.52. The van der Waals surface area contributed by atoms with Crippen LogP contribution in [0.2, 0.25) is 0 Å². The van der Waals surface area contributed by atoms with E-state index in [1.165, 1.54) is 11.1 Å². The van der Waals surface area contributed by atoms with Crippen LogP contribution >= 0.6 is 0 Å². The van der Waals surface area contributed by atoms with Gasteiger partial charge in [0.05, 0.1) is 7.11 Å². The summed E-state index contributed by atoms with van der Waals surface area (Å²) < 4.78 is 5.15. The zero-order valence-electron chi connectivity index (χ0n) is 12.3. The standard InChI is InChI=1S/C16H21N3O/c1-4-17-15(14-8-6-5-7-12(14)2)9-13-10-16(20-3)19-11-18-13/h5-8,10-11,15,17H,4,9H2,1-3H3. The van der Waals surface area contributed by atoms with Crippen LogP contribution in [0.15, 0.2) is 36.7 Å². The molecule has 0 amide bonds. The third-order valence-electron chi connectivity index (χ3n) is 3.34. The van der Waals surface area contributed by atoms with E-state index in [1.807, 2.05) is 6.07 Å². The molecule has 1 N–H and O–H groups in total. The lowest BCUT2D eigenvalue weighted by Gasteiger charge is -2.20. The summed E-state index contributed by atoms with van der Waals surface area (Å²) in [6.45, 7) is 5.17. The van der Waals surface area contributed by atoms with Crippen molar-refractivity contribution in [2.45, 2.75) is 26.3 Å². The van der Waals surface area contributed by atoms with Crippen molar-refractivity contribution in [3.8, 4) is 5.88 Å². The average molecular weight is 271 g/mol. The molecule has 0 aliphatic rings. The molecule has 2 aromatic rings. The van der Waals surface area contributed by atoms with E-state index in [0.717, 1.165) is 18.7 Å². The van der Waals surface area contributed by atoms with Gasteiger partial charge in [0.25, 0.3) is 0 Å². The summed E-state index contributed by atoms with van der Waals surface area (Å²) in [4.78, 5) is 8.38. The highest BCUT2D eigenvalue weighted by atomic mass is 16.5. The second-order valence-corrected chi connectivity index (χ2v) is 4.72. The van der Waals surface area contributed by atoms with Crippen molar-refractivity contribution in [3.05, 3.63) is 53.5 Å². The molecule has 0 aliphatic heterocycles. The second-order valence-electron chi connectivity index (χ2n) is 4.72. The van der Waals surface area contributed by atoms with E-state index in [2.05, 4.69) is 53.4 Å². The molecule has 4 nitrogen and oxygen atoms in total. The molecular weight excluding hydrogens is 250 g/mol. The van der Waals surface area contributed by atoms with Gasteiger partial charge in [-0.15, -0.1) is 0 Å². The highest BCUT2D eigenvalue weighted by Gasteiger charge is 2.14. The van der Waals surface area contributed by atoms with Crippen molar-refractivity contribution in [3.63, 3.8) is 0 Å². The molecule has 1 heterocycles. The number of rotatable bonds is 6. The van der Waals surface area contributed by atoms with Crippen LogP contribution in [0.3, 0.4) is 0 Å². The molecule has 1 aromatic carbocycles. The molecule has 1 unspecified atom stereocenters. The van der Waals surface area contributed by atoms with E-state index < -0.39 is 0 Å². The summed E-state index contributed by atoms with van der Waals surface area (Å²) in [6.07, 6.45) is 2.37. The highest BCUT2D eigenvalue weighted by Crippen LogP contribution is 2.21. The van der Waals surface area contributed by atoms with Gasteiger partial charge in [-0.05, 0) is 24.6 Å². The first-order chi connectivity index (χ1) is 9.74. The van der Waals surface area contributed by atoms with Crippen LogP contribution in [0.4, 0.5) is 0 Å². The summed E-state index contributed by atoms with van der Waals surface area (Å²) in [7, 11) is 1.62. The number of nitrogens with zero attached hydrogens (tertiary/aromatic N) is 2. The number of hydrogen-bond donors (Lipinski definition) is 1. The summed E-state index contributed by atoms with van der Waals surface area (Å²) in [6, 6.07) is 10.6. The van der Waals surface area contributed by atoms with Crippen LogP contribution in [-0.2, 0) is 6.42 Å². The Morgan fingerprint density at radius 1 is 1.25 bits per heavy atom. The van der Waals surface area contributed by atoms with Crippen LogP contribution in [0, 0.1) is 6.92 Å². The predicted molar refractivity (Wildman–Crippen MR) is 79.9 cm³/mol. The van der Waals surface area contributed by atoms with E-state index in [0.29, 0.717) is 5.88 Å². The quantitative estimate of drug-likeness (QED) is 0.877. The fraction of sp³-hybridized carbons (Fsp3) is 0.375. The van der Waals surface area contributed by atoms with E-state index in [4.69, 9.17) is 4.74 Å². The van der Waals surface area contributed by atoms with Gasteiger partial charge < -0.3 is 10.1 Å². The maximum atomic E-state index is 5.15. The Morgan fingerprint density at radius 3 is 2.75 bits per heavy atom. The monoisotopic (exact) mass is 271 g/mol. The van der Waals surface area contributed by atoms with Gasteiger partial charge in [0.2, 0.25) is 5.88 Å². The Bertz CT molecular complexity index is 557. The zero-order chi connectivity index (χ0) is 14.4. The molecule has 20 heavy (non-hydrogen) atoms. The molecule has 0 spiro atoms. The van der Waals surface area contributed by atoms with Gasteiger partial charge in [0, 0.05) is 24.2 Å².